The van der Waals surface area contributed by atoms with Crippen molar-refractivity contribution in [3.63, 3.8) is 0 Å². The first kappa shape index (κ1) is 19.0. The minimum absolute atomic E-state index is 0.121. The molecule has 5 nitrogen and oxygen atoms in total. The highest BCUT2D eigenvalue weighted by atomic mass is 32.2. The topological polar surface area (TPSA) is 73.8 Å². The van der Waals surface area contributed by atoms with Crippen LogP contribution >= 0.6 is 11.8 Å². The molecule has 1 saturated carbocycles. The van der Waals surface area contributed by atoms with Crippen LogP contribution in [0.25, 0.3) is 11.4 Å². The molecule has 0 spiro atoms. The molecule has 0 unspecified atom stereocenters. The number of thioether (sulfide) groups is 1. The third kappa shape index (κ3) is 3.95. The van der Waals surface area contributed by atoms with Crippen LogP contribution in [0.1, 0.15) is 65.0 Å². The number of hydrogen-bond acceptors (Lipinski definition) is 4. The Hall–Kier alpha value is -1.82. The van der Waals surface area contributed by atoms with Crippen LogP contribution in [0.2, 0.25) is 0 Å². The fraction of sp³-hybridized carbons (Fsp3) is 0.550. The molecular weight excluding hydrogens is 344 g/mol. The van der Waals surface area contributed by atoms with Gasteiger partial charge in [0.2, 0.25) is 5.91 Å². The van der Waals surface area contributed by atoms with Gasteiger partial charge in [-0.1, -0.05) is 69.6 Å². The van der Waals surface area contributed by atoms with Crippen molar-refractivity contribution >= 4 is 17.7 Å². The van der Waals surface area contributed by atoms with E-state index in [1.54, 1.807) is 0 Å². The van der Waals surface area contributed by atoms with Gasteiger partial charge in [0, 0.05) is 11.6 Å². The molecule has 1 amide bonds. The molecule has 6 heteroatoms. The van der Waals surface area contributed by atoms with E-state index in [0.717, 1.165) is 29.4 Å². The highest BCUT2D eigenvalue weighted by Crippen LogP contribution is 2.37. The van der Waals surface area contributed by atoms with E-state index < -0.39 is 0 Å². The van der Waals surface area contributed by atoms with E-state index in [0.29, 0.717) is 6.04 Å². The van der Waals surface area contributed by atoms with E-state index in [2.05, 4.69) is 59.8 Å². The molecule has 2 aromatic rings. The summed E-state index contributed by atoms with van der Waals surface area (Å²) in [5, 5.41) is 9.34. The van der Waals surface area contributed by atoms with Crippen LogP contribution in [0.15, 0.2) is 29.4 Å². The fourth-order valence-electron chi connectivity index (χ4n) is 3.38. The average molecular weight is 373 g/mol. The van der Waals surface area contributed by atoms with Gasteiger partial charge in [-0.15, -0.1) is 10.2 Å². The third-order valence-corrected chi connectivity index (χ3v) is 6.12. The number of amides is 1. The van der Waals surface area contributed by atoms with Crippen molar-refractivity contribution in [1.82, 2.24) is 14.8 Å². The van der Waals surface area contributed by atoms with Gasteiger partial charge in [-0.25, -0.2) is 0 Å². The highest BCUT2D eigenvalue weighted by Gasteiger charge is 2.27. The van der Waals surface area contributed by atoms with Gasteiger partial charge in [-0.05, 0) is 30.7 Å². The molecule has 1 aromatic heterocycles. The molecule has 1 aliphatic rings. The Kier molecular flexibility index (Phi) is 5.42. The number of nitrogens with two attached hydrogens (primary N) is 1. The standard InChI is InChI=1S/C20H28N4OS/c1-13(17(21)25)26-19-23-22-18(24(19)16-7-5-6-8-16)14-9-11-15(12-10-14)20(2,3)4/h9-13,16H,5-8H2,1-4H3,(H2,21,25)/t13-/m0/s1. The lowest BCUT2D eigenvalue weighted by Crippen LogP contribution is -2.23. The fourth-order valence-corrected chi connectivity index (χ4v) is 4.25. The number of nitrogens with zero attached hydrogens (tertiary/aromatic N) is 3. The minimum Gasteiger partial charge on any atom is -0.369 e. The zero-order chi connectivity index (χ0) is 18.9. The van der Waals surface area contributed by atoms with Gasteiger partial charge in [0.05, 0.1) is 5.25 Å². The smallest absolute Gasteiger partial charge is 0.230 e. The molecule has 140 valence electrons. The maximum absolute atomic E-state index is 11.5. The number of primary amides is 1. The zero-order valence-electron chi connectivity index (χ0n) is 16.0. The Balaban J connectivity index is 1.98. The van der Waals surface area contributed by atoms with E-state index in [9.17, 15) is 4.79 Å². The summed E-state index contributed by atoms with van der Waals surface area (Å²) in [6.45, 7) is 8.45. The lowest BCUT2D eigenvalue weighted by atomic mass is 9.86. The molecule has 0 radical (unpaired) electrons. The maximum atomic E-state index is 11.5. The van der Waals surface area contributed by atoms with Gasteiger partial charge >= 0.3 is 0 Å². The number of carbonyl (C=O) groups is 1. The summed E-state index contributed by atoms with van der Waals surface area (Å²) < 4.78 is 2.23. The van der Waals surface area contributed by atoms with Gasteiger partial charge in [0.15, 0.2) is 11.0 Å². The Bertz CT molecular complexity index is 770. The van der Waals surface area contributed by atoms with Crippen molar-refractivity contribution in [2.24, 2.45) is 5.73 Å². The van der Waals surface area contributed by atoms with Crippen molar-refractivity contribution in [1.29, 1.82) is 0 Å². The van der Waals surface area contributed by atoms with E-state index in [-0.39, 0.29) is 16.6 Å². The predicted molar refractivity (Wildman–Crippen MR) is 106 cm³/mol. The number of benzene rings is 1. The second-order valence-electron chi connectivity index (χ2n) is 8.10. The van der Waals surface area contributed by atoms with Crippen LogP contribution < -0.4 is 5.73 Å². The molecule has 0 aliphatic heterocycles. The lowest BCUT2D eigenvalue weighted by Gasteiger charge is -2.20. The number of aromatic nitrogens is 3. The van der Waals surface area contributed by atoms with Crippen molar-refractivity contribution < 1.29 is 4.79 Å². The summed E-state index contributed by atoms with van der Waals surface area (Å²) in [7, 11) is 0. The summed E-state index contributed by atoms with van der Waals surface area (Å²) in [6, 6.07) is 8.98. The van der Waals surface area contributed by atoms with E-state index >= 15 is 0 Å². The maximum Gasteiger partial charge on any atom is 0.230 e. The van der Waals surface area contributed by atoms with Crippen LogP contribution in [0, 0.1) is 0 Å². The zero-order valence-corrected chi connectivity index (χ0v) is 16.8. The second kappa shape index (κ2) is 7.43. The monoisotopic (exact) mass is 372 g/mol. The average Bonchev–Trinajstić information content (AvgIpc) is 3.23. The van der Waals surface area contributed by atoms with Gasteiger partial charge in [-0.2, -0.15) is 0 Å². The number of carbonyl (C=O) groups excluding carboxylic acids is 1. The first-order valence-corrected chi connectivity index (χ1v) is 10.2. The van der Waals surface area contributed by atoms with Gasteiger partial charge in [0.25, 0.3) is 0 Å². The molecule has 1 atom stereocenters. The molecule has 1 aliphatic carbocycles. The Morgan fingerprint density at radius 1 is 1.19 bits per heavy atom. The Morgan fingerprint density at radius 3 is 2.35 bits per heavy atom. The molecule has 1 fully saturated rings. The predicted octanol–water partition coefficient (Wildman–Crippen LogP) is 4.32. The summed E-state index contributed by atoms with van der Waals surface area (Å²) in [6.07, 6.45) is 4.70. The van der Waals surface area contributed by atoms with E-state index in [1.165, 1.54) is 30.2 Å². The van der Waals surface area contributed by atoms with E-state index in [1.807, 2.05) is 6.92 Å². The molecule has 2 N–H and O–H groups in total. The second-order valence-corrected chi connectivity index (χ2v) is 9.41. The Labute approximate surface area is 159 Å². The van der Waals surface area contributed by atoms with Crippen LogP contribution in [0.5, 0.6) is 0 Å². The van der Waals surface area contributed by atoms with E-state index in [4.69, 9.17) is 5.73 Å². The highest BCUT2D eigenvalue weighted by molar-refractivity contribution is 8.00. The molecule has 26 heavy (non-hydrogen) atoms. The minimum atomic E-state index is -0.327. The molecule has 0 saturated heterocycles. The van der Waals surface area contributed by atoms with Crippen molar-refractivity contribution in [2.45, 2.75) is 75.2 Å². The molecule has 1 aromatic carbocycles. The number of hydrogen-bond donors (Lipinski definition) is 1. The summed E-state index contributed by atoms with van der Waals surface area (Å²) in [5.74, 6) is 0.559. The van der Waals surface area contributed by atoms with Crippen molar-refractivity contribution in [3.05, 3.63) is 29.8 Å². The first-order chi connectivity index (χ1) is 12.3. The van der Waals surface area contributed by atoms with Crippen LogP contribution in [0.3, 0.4) is 0 Å². The summed E-state index contributed by atoms with van der Waals surface area (Å²) >= 11 is 1.40. The third-order valence-electron chi connectivity index (χ3n) is 5.05. The van der Waals surface area contributed by atoms with Gasteiger partial charge in [-0.3, -0.25) is 9.36 Å². The lowest BCUT2D eigenvalue weighted by molar-refractivity contribution is -0.117. The SMILES string of the molecule is C[C@H](Sc1nnc(-c2ccc(C(C)(C)C)cc2)n1C1CCCC1)C(N)=O. The molecule has 3 rings (SSSR count). The number of rotatable bonds is 5. The Morgan fingerprint density at radius 2 is 1.81 bits per heavy atom. The molecular formula is C20H28N4OS. The van der Waals surface area contributed by atoms with Gasteiger partial charge < -0.3 is 5.73 Å². The summed E-state index contributed by atoms with van der Waals surface area (Å²) in [5.41, 5.74) is 7.93. The van der Waals surface area contributed by atoms with Crippen LogP contribution in [-0.2, 0) is 10.2 Å². The quantitative estimate of drug-likeness (QED) is 0.793. The molecule has 0 bridgehead atoms. The molecule has 1 heterocycles. The normalized spacial score (nSPS) is 16.8. The van der Waals surface area contributed by atoms with Gasteiger partial charge in [0.1, 0.15) is 0 Å². The van der Waals surface area contributed by atoms with Crippen molar-refractivity contribution in [2.75, 3.05) is 0 Å². The summed E-state index contributed by atoms with van der Waals surface area (Å²) in [4.78, 5) is 11.5. The van der Waals surface area contributed by atoms with Crippen LogP contribution in [0.4, 0.5) is 0 Å². The van der Waals surface area contributed by atoms with Crippen LogP contribution in [-0.4, -0.2) is 25.9 Å². The van der Waals surface area contributed by atoms with Crippen molar-refractivity contribution in [3.8, 4) is 11.4 Å². The first-order valence-electron chi connectivity index (χ1n) is 9.29. The largest absolute Gasteiger partial charge is 0.369 e.